The predicted octanol–water partition coefficient (Wildman–Crippen LogP) is 1.95. The predicted molar refractivity (Wildman–Crippen MR) is 44.9 cm³/mol. The molecule has 0 aliphatic heterocycles. The van der Waals surface area contributed by atoms with E-state index in [4.69, 9.17) is 5.41 Å². The van der Waals surface area contributed by atoms with Gasteiger partial charge in [-0.2, -0.15) is 0 Å². The van der Waals surface area contributed by atoms with E-state index in [1.807, 2.05) is 0 Å². The quantitative estimate of drug-likeness (QED) is 0.602. The molecule has 1 unspecified atom stereocenters. The van der Waals surface area contributed by atoms with Gasteiger partial charge in [-0.15, -0.1) is 0 Å². The van der Waals surface area contributed by atoms with Crippen LogP contribution in [0.15, 0.2) is 12.7 Å². The van der Waals surface area contributed by atoms with Gasteiger partial charge in [-0.05, 0) is 25.3 Å². The van der Waals surface area contributed by atoms with Crippen LogP contribution in [0.3, 0.4) is 0 Å². The van der Waals surface area contributed by atoms with Crippen LogP contribution in [0.5, 0.6) is 0 Å². The van der Waals surface area contributed by atoms with Crippen molar-refractivity contribution in [2.24, 2.45) is 5.92 Å². The third kappa shape index (κ3) is 1.76. The fourth-order valence-electron chi connectivity index (χ4n) is 1.47. The summed E-state index contributed by atoms with van der Waals surface area (Å²) in [5.41, 5.74) is 0.598. The van der Waals surface area contributed by atoms with E-state index < -0.39 is 0 Å². The van der Waals surface area contributed by atoms with Crippen molar-refractivity contribution in [2.75, 3.05) is 0 Å². The lowest BCUT2D eigenvalue weighted by Gasteiger charge is -2.19. The van der Waals surface area contributed by atoms with Gasteiger partial charge in [-0.1, -0.05) is 13.0 Å². The Balaban J connectivity index is 2.61. The number of ketones is 1. The Labute approximate surface area is 66.8 Å². The monoisotopic (exact) mass is 151 g/mol. The third-order valence-electron chi connectivity index (χ3n) is 2.15. The number of hydrogen-bond donors (Lipinski definition) is 1. The molecular weight excluding hydrogens is 138 g/mol. The second kappa shape index (κ2) is 3.46. The van der Waals surface area contributed by atoms with Crippen molar-refractivity contribution < 1.29 is 4.79 Å². The van der Waals surface area contributed by atoms with Gasteiger partial charge in [0, 0.05) is 5.71 Å². The number of carbonyl (C=O) groups is 1. The zero-order valence-corrected chi connectivity index (χ0v) is 6.60. The Morgan fingerprint density at radius 2 is 2.36 bits per heavy atom. The first-order valence-corrected chi connectivity index (χ1v) is 3.99. The van der Waals surface area contributed by atoms with E-state index in [0.717, 1.165) is 25.7 Å². The summed E-state index contributed by atoms with van der Waals surface area (Å²) in [6.45, 7) is 3.42. The molecule has 0 aromatic carbocycles. The Bertz CT molecular complexity index is 196. The molecule has 1 fully saturated rings. The minimum atomic E-state index is -0.138. The molecule has 1 atom stereocenters. The SMILES string of the molecule is C=CC(=O)C1CCCCC1=N. The minimum Gasteiger partial charge on any atom is -0.309 e. The first-order valence-electron chi connectivity index (χ1n) is 3.99. The molecule has 2 nitrogen and oxygen atoms in total. The normalized spacial score (nSPS) is 24.7. The number of allylic oxidation sites excluding steroid dienone is 1. The molecule has 60 valence electrons. The molecule has 2 heteroatoms. The summed E-state index contributed by atoms with van der Waals surface area (Å²) in [5, 5.41) is 7.51. The van der Waals surface area contributed by atoms with Gasteiger partial charge in [0.05, 0.1) is 5.92 Å². The first-order chi connectivity index (χ1) is 5.25. The largest absolute Gasteiger partial charge is 0.309 e. The van der Waals surface area contributed by atoms with Crippen LogP contribution in [-0.4, -0.2) is 11.5 Å². The van der Waals surface area contributed by atoms with Crippen molar-refractivity contribution in [2.45, 2.75) is 25.7 Å². The number of rotatable bonds is 2. The summed E-state index contributed by atoms with van der Waals surface area (Å²) < 4.78 is 0. The van der Waals surface area contributed by atoms with E-state index in [0.29, 0.717) is 5.71 Å². The highest BCUT2D eigenvalue weighted by molar-refractivity contribution is 6.08. The molecule has 0 amide bonds. The van der Waals surface area contributed by atoms with E-state index >= 15 is 0 Å². The van der Waals surface area contributed by atoms with Crippen molar-refractivity contribution in [1.29, 1.82) is 5.41 Å². The molecule has 0 spiro atoms. The summed E-state index contributed by atoms with van der Waals surface area (Å²) >= 11 is 0. The van der Waals surface area contributed by atoms with Gasteiger partial charge in [0.2, 0.25) is 0 Å². The average molecular weight is 151 g/mol. The van der Waals surface area contributed by atoms with Gasteiger partial charge in [0.15, 0.2) is 5.78 Å². The molecule has 1 aliphatic carbocycles. The Hall–Kier alpha value is -0.920. The number of hydrogen-bond acceptors (Lipinski definition) is 2. The van der Waals surface area contributed by atoms with Crippen LogP contribution in [0, 0.1) is 11.3 Å². The van der Waals surface area contributed by atoms with Gasteiger partial charge >= 0.3 is 0 Å². The fraction of sp³-hybridized carbons (Fsp3) is 0.556. The molecule has 0 heterocycles. The maximum atomic E-state index is 11.1. The zero-order chi connectivity index (χ0) is 8.27. The molecular formula is C9H13NO. The summed E-state index contributed by atoms with van der Waals surface area (Å²) in [7, 11) is 0. The van der Waals surface area contributed by atoms with Crippen LogP contribution >= 0.6 is 0 Å². The maximum Gasteiger partial charge on any atom is 0.163 e. The van der Waals surface area contributed by atoms with Crippen LogP contribution < -0.4 is 0 Å². The van der Waals surface area contributed by atoms with E-state index in [9.17, 15) is 4.79 Å². The molecule has 0 radical (unpaired) electrons. The van der Waals surface area contributed by atoms with Gasteiger partial charge in [0.1, 0.15) is 0 Å². The average Bonchev–Trinajstić information content (AvgIpc) is 2.04. The molecule has 0 aromatic heterocycles. The fourth-order valence-corrected chi connectivity index (χ4v) is 1.47. The molecule has 1 N–H and O–H groups in total. The smallest absolute Gasteiger partial charge is 0.163 e. The molecule has 0 aromatic rings. The standard InChI is InChI=1S/C9H13NO/c1-2-9(11)7-5-3-4-6-8(7)10/h2,7,10H,1,3-6H2. The van der Waals surface area contributed by atoms with Gasteiger partial charge in [-0.25, -0.2) is 0 Å². The Morgan fingerprint density at radius 3 is 2.91 bits per heavy atom. The topological polar surface area (TPSA) is 40.9 Å². The summed E-state index contributed by atoms with van der Waals surface area (Å²) in [5.74, 6) is -0.115. The summed E-state index contributed by atoms with van der Waals surface area (Å²) in [6.07, 6.45) is 5.13. The van der Waals surface area contributed by atoms with Crippen LogP contribution in [0.1, 0.15) is 25.7 Å². The first kappa shape index (κ1) is 8.18. The Morgan fingerprint density at radius 1 is 1.64 bits per heavy atom. The van der Waals surface area contributed by atoms with E-state index in [-0.39, 0.29) is 11.7 Å². The van der Waals surface area contributed by atoms with Crippen molar-refractivity contribution in [3.63, 3.8) is 0 Å². The van der Waals surface area contributed by atoms with Crippen molar-refractivity contribution >= 4 is 11.5 Å². The maximum absolute atomic E-state index is 11.1. The van der Waals surface area contributed by atoms with Gasteiger partial charge < -0.3 is 5.41 Å². The highest BCUT2D eigenvalue weighted by Gasteiger charge is 2.23. The highest BCUT2D eigenvalue weighted by atomic mass is 16.1. The zero-order valence-electron chi connectivity index (χ0n) is 6.60. The van der Waals surface area contributed by atoms with Gasteiger partial charge in [-0.3, -0.25) is 4.79 Å². The van der Waals surface area contributed by atoms with Crippen molar-refractivity contribution in [3.05, 3.63) is 12.7 Å². The lowest BCUT2D eigenvalue weighted by Crippen LogP contribution is -2.25. The van der Waals surface area contributed by atoms with Crippen molar-refractivity contribution in [1.82, 2.24) is 0 Å². The molecule has 1 saturated carbocycles. The molecule has 0 saturated heterocycles. The van der Waals surface area contributed by atoms with E-state index in [1.165, 1.54) is 6.08 Å². The number of nitrogens with one attached hydrogen (secondary N) is 1. The minimum absolute atomic E-state index is 0.0229. The van der Waals surface area contributed by atoms with Crippen LogP contribution in [0.2, 0.25) is 0 Å². The molecule has 11 heavy (non-hydrogen) atoms. The molecule has 1 aliphatic rings. The third-order valence-corrected chi connectivity index (χ3v) is 2.15. The van der Waals surface area contributed by atoms with Crippen LogP contribution in [0.4, 0.5) is 0 Å². The van der Waals surface area contributed by atoms with E-state index in [1.54, 1.807) is 0 Å². The lowest BCUT2D eigenvalue weighted by atomic mass is 9.84. The van der Waals surface area contributed by atoms with Crippen molar-refractivity contribution in [3.8, 4) is 0 Å². The van der Waals surface area contributed by atoms with E-state index in [2.05, 4.69) is 6.58 Å². The number of carbonyl (C=O) groups excluding carboxylic acids is 1. The lowest BCUT2D eigenvalue weighted by molar-refractivity contribution is -0.116. The van der Waals surface area contributed by atoms with Crippen LogP contribution in [0.25, 0.3) is 0 Å². The molecule has 0 bridgehead atoms. The molecule has 1 rings (SSSR count). The summed E-state index contributed by atoms with van der Waals surface area (Å²) in [6, 6.07) is 0. The summed E-state index contributed by atoms with van der Waals surface area (Å²) in [4.78, 5) is 11.1. The highest BCUT2D eigenvalue weighted by Crippen LogP contribution is 2.21. The van der Waals surface area contributed by atoms with Crippen LogP contribution in [-0.2, 0) is 4.79 Å². The second-order valence-corrected chi connectivity index (χ2v) is 2.93. The Kier molecular flexibility index (Phi) is 2.58. The van der Waals surface area contributed by atoms with Gasteiger partial charge in [0.25, 0.3) is 0 Å². The second-order valence-electron chi connectivity index (χ2n) is 2.93.